The highest BCUT2D eigenvalue weighted by Gasteiger charge is 2.28. The Morgan fingerprint density at radius 3 is 2.62 bits per heavy atom. The van der Waals surface area contributed by atoms with Gasteiger partial charge in [-0.05, 0) is 45.8 Å². The van der Waals surface area contributed by atoms with Crippen LogP contribution < -0.4 is 9.73 Å². The van der Waals surface area contributed by atoms with Gasteiger partial charge in [0.05, 0.1) is 6.61 Å². The van der Waals surface area contributed by atoms with Gasteiger partial charge in [-0.1, -0.05) is 57.6 Å². The van der Waals surface area contributed by atoms with Gasteiger partial charge < -0.3 is 19.5 Å². The largest absolute Gasteiger partial charge is 0.551 e. The molecule has 0 radical (unpaired) electrons. The van der Waals surface area contributed by atoms with Gasteiger partial charge in [0.1, 0.15) is 6.10 Å². The summed E-state index contributed by atoms with van der Waals surface area (Å²) in [4.78, 5) is 5.23. The lowest BCUT2D eigenvalue weighted by molar-refractivity contribution is -0.385. The molecule has 0 aromatic heterocycles. The van der Waals surface area contributed by atoms with Crippen LogP contribution in [0.5, 0.6) is 5.75 Å². The van der Waals surface area contributed by atoms with Crippen molar-refractivity contribution in [2.45, 2.75) is 77.2 Å². The van der Waals surface area contributed by atoms with Gasteiger partial charge in [-0.25, -0.2) is 0 Å². The molecule has 2 atom stereocenters. The Kier molecular flexibility index (Phi) is 10.9. The van der Waals surface area contributed by atoms with E-state index in [-0.39, 0.29) is 12.2 Å². The first-order chi connectivity index (χ1) is 14.1. The number of aliphatic hydroxyl groups is 1. The molecule has 1 aromatic carbocycles. The fraction of sp³-hybridized carbons (Fsp3) is 0.708. The molecule has 1 aromatic rings. The van der Waals surface area contributed by atoms with Crippen molar-refractivity contribution < 1.29 is 19.6 Å². The van der Waals surface area contributed by atoms with Gasteiger partial charge in [-0.2, -0.15) is 0 Å². The number of rotatable bonds is 11. The molecule has 1 fully saturated rings. The van der Waals surface area contributed by atoms with Crippen LogP contribution in [0.1, 0.15) is 71.1 Å². The topological polar surface area (TPSA) is 55.9 Å². The third kappa shape index (κ3) is 9.07. The van der Waals surface area contributed by atoms with Gasteiger partial charge >= 0.3 is 6.08 Å². The van der Waals surface area contributed by atoms with Crippen molar-refractivity contribution in [3.8, 4) is 5.75 Å². The molecule has 0 saturated heterocycles. The van der Waals surface area contributed by atoms with Crippen molar-refractivity contribution in [3.63, 3.8) is 0 Å². The maximum Gasteiger partial charge on any atom is 0.551 e. The molecule has 1 aliphatic rings. The van der Waals surface area contributed by atoms with Gasteiger partial charge in [0.2, 0.25) is 0 Å². The summed E-state index contributed by atoms with van der Waals surface area (Å²) in [6, 6.07) is 7.73. The van der Waals surface area contributed by atoms with Gasteiger partial charge in [0, 0.05) is 18.5 Å². The zero-order chi connectivity index (χ0) is 20.9. The van der Waals surface area contributed by atoms with E-state index in [4.69, 9.17) is 9.47 Å². The highest BCUT2D eigenvalue weighted by atomic mass is 16.6. The van der Waals surface area contributed by atoms with Gasteiger partial charge in [0.25, 0.3) is 5.69 Å². The number of nitrogens with zero attached hydrogens (tertiary/aromatic N) is 1. The molecule has 2 rings (SSSR count). The summed E-state index contributed by atoms with van der Waals surface area (Å²) in [5.74, 6) is 1.19. The number of aliphatic hydroxyl groups excluding tert-OH is 1. The van der Waals surface area contributed by atoms with Crippen LogP contribution in [0.4, 0.5) is 5.69 Å². The van der Waals surface area contributed by atoms with Crippen LogP contribution in [0, 0.1) is 5.92 Å². The summed E-state index contributed by atoms with van der Waals surface area (Å²) in [7, 11) is 4.19. The summed E-state index contributed by atoms with van der Waals surface area (Å²) in [5.41, 5.74) is 0.747. The van der Waals surface area contributed by atoms with E-state index in [9.17, 15) is 5.11 Å². The molecule has 1 aliphatic carbocycles. The van der Waals surface area contributed by atoms with Crippen molar-refractivity contribution in [1.29, 1.82) is 0 Å². The number of para-hydroxylation sites is 2. The van der Waals surface area contributed by atoms with Crippen LogP contribution in [0.2, 0.25) is 0 Å². The highest BCUT2D eigenvalue weighted by molar-refractivity contribution is 5.60. The second-order valence-electron chi connectivity index (χ2n) is 8.51. The standard InChI is InChI=1S/C24H40N2O3/c1-4-5-6-7-13-18-28-23-17-12-11-15-21(23)25-24(27)29-22-16-10-8-9-14-20(22)19-26(2)3/h11-12,15,17,20,22H,4-10,13-14,16,18-19H2,1-3H3,(H,25,27)/p+1/t20-,22-/m1/s1. The van der Waals surface area contributed by atoms with E-state index >= 15 is 0 Å². The van der Waals surface area contributed by atoms with E-state index < -0.39 is 0 Å². The Hall–Kier alpha value is -1.75. The van der Waals surface area contributed by atoms with Gasteiger partial charge in [-0.3, -0.25) is 0 Å². The first-order valence-corrected chi connectivity index (χ1v) is 11.5. The summed E-state index contributed by atoms with van der Waals surface area (Å²) < 4.78 is 11.9. The molecule has 164 valence electrons. The van der Waals surface area contributed by atoms with E-state index in [1.165, 1.54) is 38.5 Å². The van der Waals surface area contributed by atoms with Crippen molar-refractivity contribution >= 4 is 11.8 Å². The molecule has 5 nitrogen and oxygen atoms in total. The fourth-order valence-corrected chi connectivity index (χ4v) is 4.06. The number of ether oxygens (including phenoxy) is 2. The Balaban J connectivity index is 1.95. The number of unbranched alkanes of at least 4 members (excludes halogenated alkanes) is 4. The predicted molar refractivity (Wildman–Crippen MR) is 119 cm³/mol. The summed E-state index contributed by atoms with van der Waals surface area (Å²) in [6.45, 7) is 3.90. The average Bonchev–Trinajstić information content (AvgIpc) is 2.90. The van der Waals surface area contributed by atoms with Crippen molar-refractivity contribution in [2.24, 2.45) is 5.92 Å². The molecule has 0 spiro atoms. The lowest BCUT2D eigenvalue weighted by Crippen LogP contribution is -2.68. The highest BCUT2D eigenvalue weighted by Crippen LogP contribution is 2.26. The first kappa shape index (κ1) is 23.5. The molecular weight excluding hydrogens is 364 g/mol. The lowest BCUT2D eigenvalue weighted by atomic mass is 9.97. The summed E-state index contributed by atoms with van der Waals surface area (Å²) in [5, 5.41) is 10.5. The first-order valence-electron chi connectivity index (χ1n) is 11.5. The molecule has 0 heterocycles. The second kappa shape index (κ2) is 13.5. The minimum atomic E-state index is -0.125. The van der Waals surface area contributed by atoms with Crippen LogP contribution in [-0.4, -0.2) is 49.4 Å². The SMILES string of the molecule is CCCCCCCOc1ccccc1[NH+]=C(O)O[C@@H]1CCCCC[C@@H]1CN(C)C. The summed E-state index contributed by atoms with van der Waals surface area (Å²) >= 11 is 0. The second-order valence-corrected chi connectivity index (χ2v) is 8.51. The van der Waals surface area contributed by atoms with Gasteiger partial charge in [0.15, 0.2) is 5.75 Å². The third-order valence-corrected chi connectivity index (χ3v) is 5.59. The molecule has 0 aliphatic heterocycles. The molecule has 2 N–H and O–H groups in total. The van der Waals surface area contributed by atoms with Crippen LogP contribution >= 0.6 is 0 Å². The van der Waals surface area contributed by atoms with Crippen LogP contribution in [0.25, 0.3) is 0 Å². The Morgan fingerprint density at radius 1 is 1.07 bits per heavy atom. The molecule has 5 heteroatoms. The minimum Gasteiger partial charge on any atom is -0.487 e. The van der Waals surface area contributed by atoms with Gasteiger partial charge in [-0.15, -0.1) is 4.99 Å². The monoisotopic (exact) mass is 405 g/mol. The van der Waals surface area contributed by atoms with E-state index in [0.717, 1.165) is 43.7 Å². The van der Waals surface area contributed by atoms with Crippen LogP contribution in [0.15, 0.2) is 24.3 Å². The molecule has 0 unspecified atom stereocenters. The zero-order valence-electron chi connectivity index (χ0n) is 18.7. The normalized spacial score (nSPS) is 20.5. The Morgan fingerprint density at radius 2 is 1.83 bits per heavy atom. The number of benzene rings is 1. The van der Waals surface area contributed by atoms with E-state index in [1.807, 2.05) is 24.3 Å². The molecule has 29 heavy (non-hydrogen) atoms. The van der Waals surface area contributed by atoms with Crippen LogP contribution in [-0.2, 0) is 4.74 Å². The quantitative estimate of drug-likeness (QED) is 0.251. The molecular formula is C24H41N2O3+. The Labute approximate surface area is 177 Å². The van der Waals surface area contributed by atoms with E-state index in [1.54, 1.807) is 0 Å². The smallest absolute Gasteiger partial charge is 0.487 e. The fourth-order valence-electron chi connectivity index (χ4n) is 4.06. The maximum absolute atomic E-state index is 10.5. The maximum atomic E-state index is 10.5. The van der Waals surface area contributed by atoms with Crippen LogP contribution in [0.3, 0.4) is 0 Å². The van der Waals surface area contributed by atoms with E-state index in [2.05, 4.69) is 30.9 Å². The number of nitrogens with one attached hydrogen (secondary N) is 1. The minimum absolute atomic E-state index is 0.0408. The molecule has 0 bridgehead atoms. The number of hydrogen-bond donors (Lipinski definition) is 2. The predicted octanol–water partition coefficient (Wildman–Crippen LogP) is 4.19. The third-order valence-electron chi connectivity index (χ3n) is 5.59. The van der Waals surface area contributed by atoms with Crippen molar-refractivity contribution in [1.82, 2.24) is 4.90 Å². The molecule has 0 amide bonds. The lowest BCUT2D eigenvalue weighted by Gasteiger charge is -2.26. The van der Waals surface area contributed by atoms with E-state index in [0.29, 0.717) is 12.5 Å². The number of hydrogen-bond acceptors (Lipinski definition) is 3. The Bertz CT molecular complexity index is 604. The van der Waals surface area contributed by atoms with Crippen molar-refractivity contribution in [2.75, 3.05) is 27.2 Å². The van der Waals surface area contributed by atoms with Crippen molar-refractivity contribution in [3.05, 3.63) is 24.3 Å². The average molecular weight is 406 g/mol. The zero-order valence-corrected chi connectivity index (χ0v) is 18.7. The summed E-state index contributed by atoms with van der Waals surface area (Å²) in [6.07, 6.45) is 11.7. The molecule has 1 saturated carbocycles.